The summed E-state index contributed by atoms with van der Waals surface area (Å²) in [7, 11) is 2.14. The van der Waals surface area contributed by atoms with Crippen LogP contribution in [0.1, 0.15) is 27.2 Å². The summed E-state index contributed by atoms with van der Waals surface area (Å²) in [5.41, 5.74) is 0. The topological polar surface area (TPSA) is 23.6 Å². The molecule has 0 aromatic rings. The van der Waals surface area contributed by atoms with Gasteiger partial charge in [0.1, 0.15) is 0 Å². The first-order valence-corrected chi connectivity index (χ1v) is 7.02. The van der Waals surface area contributed by atoms with Gasteiger partial charge in [0.15, 0.2) is 0 Å². The summed E-state index contributed by atoms with van der Waals surface area (Å²) in [4.78, 5) is 16.5. The largest absolute Gasteiger partial charge is 0.339 e. The van der Waals surface area contributed by atoms with Crippen molar-refractivity contribution in [1.29, 1.82) is 0 Å². The van der Waals surface area contributed by atoms with Crippen molar-refractivity contribution in [3.8, 4) is 0 Å². The van der Waals surface area contributed by atoms with Gasteiger partial charge in [-0.2, -0.15) is 0 Å². The van der Waals surface area contributed by atoms with Gasteiger partial charge in [-0.05, 0) is 19.4 Å². The van der Waals surface area contributed by atoms with Crippen molar-refractivity contribution in [3.05, 3.63) is 0 Å². The van der Waals surface area contributed by atoms with Gasteiger partial charge in [-0.3, -0.25) is 9.69 Å². The highest BCUT2D eigenvalue weighted by Gasteiger charge is 2.30. The number of hydrogen-bond donors (Lipinski definition) is 0. The van der Waals surface area contributed by atoms with Gasteiger partial charge in [0.25, 0.3) is 0 Å². The lowest BCUT2D eigenvalue weighted by molar-refractivity contribution is -0.133. The predicted molar refractivity (Wildman–Crippen MR) is 70.8 cm³/mol. The molecule has 0 radical (unpaired) electrons. The van der Waals surface area contributed by atoms with Crippen molar-refractivity contribution >= 4 is 21.8 Å². The van der Waals surface area contributed by atoms with Crippen LogP contribution in [-0.4, -0.2) is 53.3 Å². The van der Waals surface area contributed by atoms with Gasteiger partial charge in [-0.15, -0.1) is 0 Å². The highest BCUT2D eigenvalue weighted by Crippen LogP contribution is 2.18. The van der Waals surface area contributed by atoms with Gasteiger partial charge in [-0.1, -0.05) is 36.7 Å². The van der Waals surface area contributed by atoms with Crippen molar-refractivity contribution in [2.75, 3.05) is 26.7 Å². The van der Waals surface area contributed by atoms with Crippen molar-refractivity contribution in [1.82, 2.24) is 9.80 Å². The zero-order valence-electron chi connectivity index (χ0n) is 10.7. The molecule has 1 aliphatic heterocycles. The van der Waals surface area contributed by atoms with Crippen LogP contribution in [0.3, 0.4) is 0 Å². The van der Waals surface area contributed by atoms with Crippen molar-refractivity contribution < 1.29 is 4.79 Å². The summed E-state index contributed by atoms with van der Waals surface area (Å²) < 4.78 is 0. The van der Waals surface area contributed by atoms with Crippen molar-refractivity contribution in [2.24, 2.45) is 5.92 Å². The third-order valence-corrected chi connectivity index (χ3v) is 4.83. The molecule has 1 fully saturated rings. The number of likely N-dealkylation sites (N-methyl/N-ethyl adjacent to an activating group) is 1. The highest BCUT2D eigenvalue weighted by molar-refractivity contribution is 9.10. The predicted octanol–water partition coefficient (Wildman–Crippen LogP) is 1.96. The Morgan fingerprint density at radius 1 is 1.44 bits per heavy atom. The van der Waals surface area contributed by atoms with Gasteiger partial charge in [0, 0.05) is 25.7 Å². The van der Waals surface area contributed by atoms with Crippen LogP contribution in [0.5, 0.6) is 0 Å². The zero-order valence-corrected chi connectivity index (χ0v) is 12.3. The Bertz CT molecular complexity index is 245. The minimum Gasteiger partial charge on any atom is -0.339 e. The van der Waals surface area contributed by atoms with E-state index in [-0.39, 0.29) is 10.7 Å². The maximum Gasteiger partial charge on any atom is 0.236 e. The molecule has 94 valence electrons. The first-order chi connectivity index (χ1) is 7.47. The van der Waals surface area contributed by atoms with E-state index in [0.717, 1.165) is 26.1 Å². The molecule has 0 N–H and O–H groups in total. The number of carbonyl (C=O) groups is 1. The maximum absolute atomic E-state index is 12.2. The number of nitrogens with zero attached hydrogens (tertiary/aromatic N) is 2. The van der Waals surface area contributed by atoms with Crippen LogP contribution in [0.15, 0.2) is 0 Å². The molecule has 0 bridgehead atoms. The molecular formula is C12H23BrN2O. The van der Waals surface area contributed by atoms with E-state index in [1.54, 1.807) is 0 Å². The minimum absolute atomic E-state index is 0.0339. The minimum atomic E-state index is -0.0339. The number of amides is 1. The van der Waals surface area contributed by atoms with E-state index in [0.29, 0.717) is 12.0 Å². The van der Waals surface area contributed by atoms with E-state index in [2.05, 4.69) is 48.6 Å². The smallest absolute Gasteiger partial charge is 0.236 e. The van der Waals surface area contributed by atoms with E-state index >= 15 is 0 Å². The van der Waals surface area contributed by atoms with Gasteiger partial charge < -0.3 is 4.90 Å². The first kappa shape index (κ1) is 14.0. The number of carbonyl (C=O) groups excluding carboxylic acids is 1. The lowest BCUT2D eigenvalue weighted by Crippen LogP contribution is -2.54. The number of hydrogen-bond acceptors (Lipinski definition) is 2. The molecule has 16 heavy (non-hydrogen) atoms. The molecule has 1 rings (SSSR count). The third-order valence-electron chi connectivity index (χ3n) is 3.38. The molecule has 1 amide bonds. The Balaban J connectivity index is 2.58. The fourth-order valence-corrected chi connectivity index (χ4v) is 2.34. The molecule has 1 aliphatic rings. The molecule has 3 nitrogen and oxygen atoms in total. The lowest BCUT2D eigenvalue weighted by atomic mass is 10.1. The fourth-order valence-electron chi connectivity index (χ4n) is 2.05. The van der Waals surface area contributed by atoms with Crippen LogP contribution in [0.2, 0.25) is 0 Å². The second-order valence-electron chi connectivity index (χ2n) is 4.97. The van der Waals surface area contributed by atoms with Crippen LogP contribution in [0, 0.1) is 5.92 Å². The fraction of sp³-hybridized carbons (Fsp3) is 0.917. The zero-order chi connectivity index (χ0) is 12.3. The number of alkyl halides is 1. The number of halogens is 1. The summed E-state index contributed by atoms with van der Waals surface area (Å²) >= 11 is 3.50. The Hall–Kier alpha value is -0.0900. The summed E-state index contributed by atoms with van der Waals surface area (Å²) in [6, 6.07) is 0.518. The van der Waals surface area contributed by atoms with E-state index in [1.165, 1.54) is 0 Å². The van der Waals surface area contributed by atoms with Gasteiger partial charge in [-0.25, -0.2) is 0 Å². The standard InChI is InChI=1S/C12H23BrN2O/c1-5-10-8-15(7-6-14(10)4)12(16)11(13)9(2)3/h9-11H,5-8H2,1-4H3. The molecule has 2 atom stereocenters. The van der Waals surface area contributed by atoms with Crippen LogP contribution < -0.4 is 0 Å². The van der Waals surface area contributed by atoms with E-state index < -0.39 is 0 Å². The molecular weight excluding hydrogens is 268 g/mol. The van der Waals surface area contributed by atoms with E-state index in [4.69, 9.17) is 0 Å². The molecule has 1 heterocycles. The number of piperazine rings is 1. The third kappa shape index (κ3) is 3.20. The summed E-state index contributed by atoms with van der Waals surface area (Å²) in [6.07, 6.45) is 1.11. The Morgan fingerprint density at radius 3 is 2.56 bits per heavy atom. The Kier molecular flexibility index (Phi) is 5.25. The molecule has 0 aliphatic carbocycles. The summed E-state index contributed by atoms with van der Waals surface area (Å²) in [5.74, 6) is 0.605. The second-order valence-corrected chi connectivity index (χ2v) is 5.96. The molecule has 2 unspecified atom stereocenters. The Morgan fingerprint density at radius 2 is 2.06 bits per heavy atom. The average Bonchev–Trinajstić information content (AvgIpc) is 2.27. The van der Waals surface area contributed by atoms with Crippen LogP contribution in [0.4, 0.5) is 0 Å². The monoisotopic (exact) mass is 290 g/mol. The van der Waals surface area contributed by atoms with Crippen LogP contribution in [-0.2, 0) is 4.79 Å². The molecule has 4 heteroatoms. The molecule has 1 saturated heterocycles. The van der Waals surface area contributed by atoms with Crippen LogP contribution >= 0.6 is 15.9 Å². The quantitative estimate of drug-likeness (QED) is 0.742. The highest BCUT2D eigenvalue weighted by atomic mass is 79.9. The average molecular weight is 291 g/mol. The molecule has 0 saturated carbocycles. The lowest BCUT2D eigenvalue weighted by Gasteiger charge is -2.40. The van der Waals surface area contributed by atoms with E-state index in [1.807, 2.05) is 4.90 Å². The SMILES string of the molecule is CCC1CN(C(=O)C(Br)C(C)C)CCN1C. The van der Waals surface area contributed by atoms with Gasteiger partial charge >= 0.3 is 0 Å². The van der Waals surface area contributed by atoms with E-state index in [9.17, 15) is 4.79 Å². The van der Waals surface area contributed by atoms with Crippen molar-refractivity contribution in [2.45, 2.75) is 38.1 Å². The molecule has 0 aromatic heterocycles. The first-order valence-electron chi connectivity index (χ1n) is 6.10. The normalized spacial score (nSPS) is 24.9. The summed E-state index contributed by atoms with van der Waals surface area (Å²) in [5, 5.41) is 0. The van der Waals surface area contributed by atoms with Crippen LogP contribution in [0.25, 0.3) is 0 Å². The van der Waals surface area contributed by atoms with Crippen molar-refractivity contribution in [3.63, 3.8) is 0 Å². The Labute approximate surface area is 107 Å². The van der Waals surface area contributed by atoms with Gasteiger partial charge in [0.2, 0.25) is 5.91 Å². The number of rotatable bonds is 3. The molecule has 0 aromatic carbocycles. The second kappa shape index (κ2) is 6.01. The maximum atomic E-state index is 12.2. The molecule has 0 spiro atoms. The van der Waals surface area contributed by atoms with Gasteiger partial charge in [0.05, 0.1) is 4.83 Å². The summed E-state index contributed by atoms with van der Waals surface area (Å²) in [6.45, 7) is 9.06.